The van der Waals surface area contributed by atoms with E-state index in [1.54, 1.807) is 7.11 Å². The van der Waals surface area contributed by atoms with Gasteiger partial charge in [0, 0.05) is 18.4 Å². The Labute approximate surface area is 142 Å². The highest BCUT2D eigenvalue weighted by Gasteiger charge is 2.29. The van der Waals surface area contributed by atoms with Crippen molar-refractivity contribution in [1.82, 2.24) is 9.88 Å². The standard InChI is InChI=1S/C19H24N2O3/c1-19(2,3)18-20-15-12-21(10-9-16(15)24-18)17(22)11-13-5-7-14(23-4)8-6-13/h5-8H,9-12H2,1-4H3. The van der Waals surface area contributed by atoms with Crippen LogP contribution >= 0.6 is 0 Å². The molecule has 24 heavy (non-hydrogen) atoms. The van der Waals surface area contributed by atoms with Gasteiger partial charge in [-0.15, -0.1) is 0 Å². The summed E-state index contributed by atoms with van der Waals surface area (Å²) in [6, 6.07) is 7.62. The maximum atomic E-state index is 12.6. The van der Waals surface area contributed by atoms with Gasteiger partial charge < -0.3 is 14.1 Å². The normalized spacial score (nSPS) is 14.4. The first kappa shape index (κ1) is 16.6. The SMILES string of the molecule is COc1ccc(CC(=O)N2CCc3oc(C(C)(C)C)nc3C2)cc1. The van der Waals surface area contributed by atoms with Crippen molar-refractivity contribution >= 4 is 5.91 Å². The minimum atomic E-state index is -0.116. The Kier molecular flexibility index (Phi) is 4.35. The molecule has 3 rings (SSSR count). The molecule has 0 saturated carbocycles. The molecule has 0 saturated heterocycles. The third-order valence-corrected chi connectivity index (χ3v) is 4.24. The lowest BCUT2D eigenvalue weighted by atomic mass is 9.97. The van der Waals surface area contributed by atoms with E-state index in [4.69, 9.17) is 9.15 Å². The van der Waals surface area contributed by atoms with Crippen LogP contribution in [0.1, 0.15) is 43.7 Å². The fourth-order valence-electron chi connectivity index (χ4n) is 2.76. The Hall–Kier alpha value is -2.30. The number of methoxy groups -OCH3 is 1. The number of fused-ring (bicyclic) bond motifs is 1. The number of rotatable bonds is 3. The molecule has 0 unspecified atom stereocenters. The average molecular weight is 328 g/mol. The summed E-state index contributed by atoms with van der Waals surface area (Å²) in [5.74, 6) is 2.59. The van der Waals surface area contributed by atoms with Crippen LogP contribution in [0.4, 0.5) is 0 Å². The summed E-state index contributed by atoms with van der Waals surface area (Å²) in [5.41, 5.74) is 1.77. The molecule has 2 heterocycles. The topological polar surface area (TPSA) is 55.6 Å². The van der Waals surface area contributed by atoms with Crippen molar-refractivity contribution in [3.8, 4) is 5.75 Å². The molecular formula is C19H24N2O3. The fraction of sp³-hybridized carbons (Fsp3) is 0.474. The van der Waals surface area contributed by atoms with Crippen LogP contribution in [-0.2, 0) is 29.6 Å². The molecule has 2 aromatic rings. The highest BCUT2D eigenvalue weighted by molar-refractivity contribution is 5.79. The maximum Gasteiger partial charge on any atom is 0.227 e. The number of aromatic nitrogens is 1. The summed E-state index contributed by atoms with van der Waals surface area (Å²) in [5, 5.41) is 0. The van der Waals surface area contributed by atoms with E-state index in [0.717, 1.165) is 35.1 Å². The number of hydrogen-bond acceptors (Lipinski definition) is 4. The number of benzene rings is 1. The van der Waals surface area contributed by atoms with Gasteiger partial charge in [0.15, 0.2) is 5.89 Å². The van der Waals surface area contributed by atoms with Gasteiger partial charge in [-0.25, -0.2) is 4.98 Å². The molecule has 0 radical (unpaired) electrons. The van der Waals surface area contributed by atoms with Crippen molar-refractivity contribution in [2.24, 2.45) is 0 Å². The molecule has 0 aliphatic carbocycles. The van der Waals surface area contributed by atoms with Crippen LogP contribution in [0.5, 0.6) is 5.75 Å². The third kappa shape index (κ3) is 3.45. The summed E-state index contributed by atoms with van der Waals surface area (Å²) < 4.78 is 11.0. The fourth-order valence-corrected chi connectivity index (χ4v) is 2.76. The van der Waals surface area contributed by atoms with Gasteiger partial charge in [0.2, 0.25) is 5.91 Å². The highest BCUT2D eigenvalue weighted by Crippen LogP contribution is 2.27. The van der Waals surface area contributed by atoms with Gasteiger partial charge in [0.25, 0.3) is 0 Å². The monoisotopic (exact) mass is 328 g/mol. The molecule has 0 bridgehead atoms. The molecule has 5 heteroatoms. The van der Waals surface area contributed by atoms with E-state index in [-0.39, 0.29) is 11.3 Å². The molecule has 5 nitrogen and oxygen atoms in total. The highest BCUT2D eigenvalue weighted by atomic mass is 16.5. The summed E-state index contributed by atoms with van der Waals surface area (Å²) in [4.78, 5) is 19.0. The number of ether oxygens (including phenoxy) is 1. The van der Waals surface area contributed by atoms with Gasteiger partial charge in [-0.1, -0.05) is 32.9 Å². The second-order valence-electron chi connectivity index (χ2n) is 7.23. The lowest BCUT2D eigenvalue weighted by molar-refractivity contribution is -0.131. The van der Waals surface area contributed by atoms with Crippen LogP contribution < -0.4 is 4.74 Å². The molecule has 1 aliphatic heterocycles. The smallest absolute Gasteiger partial charge is 0.227 e. The Morgan fingerprint density at radius 3 is 2.62 bits per heavy atom. The molecule has 0 spiro atoms. The van der Waals surface area contributed by atoms with Crippen molar-refractivity contribution in [2.45, 2.75) is 45.6 Å². The molecule has 1 amide bonds. The zero-order valence-corrected chi connectivity index (χ0v) is 14.8. The number of hydrogen-bond donors (Lipinski definition) is 0. The number of nitrogens with zero attached hydrogens (tertiary/aromatic N) is 2. The quantitative estimate of drug-likeness (QED) is 0.869. The average Bonchev–Trinajstić information content (AvgIpc) is 2.99. The van der Waals surface area contributed by atoms with Gasteiger partial charge in [-0.3, -0.25) is 4.79 Å². The van der Waals surface area contributed by atoms with Crippen LogP contribution in [-0.4, -0.2) is 29.4 Å². The largest absolute Gasteiger partial charge is 0.497 e. The first-order chi connectivity index (χ1) is 11.4. The second kappa shape index (κ2) is 6.30. The van der Waals surface area contributed by atoms with Crippen LogP contribution in [0.15, 0.2) is 28.7 Å². The lowest BCUT2D eigenvalue weighted by Crippen LogP contribution is -2.36. The van der Waals surface area contributed by atoms with Crippen LogP contribution in [0.25, 0.3) is 0 Å². The van der Waals surface area contributed by atoms with Crippen molar-refractivity contribution in [3.63, 3.8) is 0 Å². The minimum absolute atomic E-state index is 0.116. The van der Waals surface area contributed by atoms with E-state index >= 15 is 0 Å². The van der Waals surface area contributed by atoms with Gasteiger partial charge in [0.05, 0.1) is 20.1 Å². The van der Waals surface area contributed by atoms with E-state index < -0.39 is 0 Å². The van der Waals surface area contributed by atoms with Crippen molar-refractivity contribution < 1.29 is 13.9 Å². The zero-order valence-electron chi connectivity index (χ0n) is 14.8. The predicted octanol–water partition coefficient (Wildman–Crippen LogP) is 3.11. The Balaban J connectivity index is 1.68. The minimum Gasteiger partial charge on any atom is -0.497 e. The predicted molar refractivity (Wildman–Crippen MR) is 91.0 cm³/mol. The van der Waals surface area contributed by atoms with Gasteiger partial charge >= 0.3 is 0 Å². The molecule has 0 N–H and O–H groups in total. The second-order valence-corrected chi connectivity index (χ2v) is 7.23. The number of amides is 1. The molecule has 1 aromatic carbocycles. The van der Waals surface area contributed by atoms with E-state index in [2.05, 4.69) is 25.8 Å². The van der Waals surface area contributed by atoms with Crippen LogP contribution in [0.3, 0.4) is 0 Å². The first-order valence-corrected chi connectivity index (χ1v) is 8.26. The molecular weight excluding hydrogens is 304 g/mol. The van der Waals surface area contributed by atoms with Crippen LogP contribution in [0.2, 0.25) is 0 Å². The molecule has 1 aromatic heterocycles. The summed E-state index contributed by atoms with van der Waals surface area (Å²) in [6.07, 6.45) is 1.12. The Morgan fingerprint density at radius 1 is 1.29 bits per heavy atom. The van der Waals surface area contributed by atoms with Gasteiger partial charge in [-0.2, -0.15) is 0 Å². The van der Waals surface area contributed by atoms with Crippen LogP contribution in [0, 0.1) is 0 Å². The van der Waals surface area contributed by atoms with Crippen molar-refractivity contribution in [3.05, 3.63) is 47.2 Å². The zero-order chi connectivity index (χ0) is 17.3. The Bertz CT molecular complexity index is 726. The van der Waals surface area contributed by atoms with Crippen molar-refractivity contribution in [2.75, 3.05) is 13.7 Å². The molecule has 1 aliphatic rings. The van der Waals surface area contributed by atoms with Gasteiger partial charge in [-0.05, 0) is 17.7 Å². The summed E-state index contributed by atoms with van der Waals surface area (Å²) in [6.45, 7) is 7.45. The van der Waals surface area contributed by atoms with Crippen molar-refractivity contribution in [1.29, 1.82) is 0 Å². The number of oxazole rings is 1. The lowest BCUT2D eigenvalue weighted by Gasteiger charge is -2.25. The first-order valence-electron chi connectivity index (χ1n) is 8.26. The van der Waals surface area contributed by atoms with Gasteiger partial charge in [0.1, 0.15) is 17.2 Å². The number of carbonyl (C=O) groups is 1. The number of carbonyl (C=O) groups excluding carboxylic acids is 1. The summed E-state index contributed by atoms with van der Waals surface area (Å²) >= 11 is 0. The van der Waals surface area contributed by atoms with E-state index in [9.17, 15) is 4.79 Å². The molecule has 0 atom stereocenters. The van der Waals surface area contributed by atoms with E-state index in [0.29, 0.717) is 19.5 Å². The van der Waals surface area contributed by atoms with E-state index in [1.165, 1.54) is 0 Å². The van der Waals surface area contributed by atoms with E-state index in [1.807, 2.05) is 29.2 Å². The third-order valence-electron chi connectivity index (χ3n) is 4.24. The summed E-state index contributed by atoms with van der Waals surface area (Å²) in [7, 11) is 1.63. The Morgan fingerprint density at radius 2 is 2.00 bits per heavy atom. The molecule has 0 fully saturated rings. The molecule has 128 valence electrons. The maximum absolute atomic E-state index is 12.6.